The molecule has 3 nitrogen and oxygen atoms in total. The summed E-state index contributed by atoms with van der Waals surface area (Å²) in [5.41, 5.74) is 5.89. The van der Waals surface area contributed by atoms with Crippen LogP contribution in [0.5, 0.6) is 0 Å². The summed E-state index contributed by atoms with van der Waals surface area (Å²) in [6, 6.07) is 4.35. The number of carbonyl (C=O) groups excluding carboxylic acids is 1. The topological polar surface area (TPSA) is 55.1 Å². The third-order valence-corrected chi connectivity index (χ3v) is 2.36. The van der Waals surface area contributed by atoms with Gasteiger partial charge in [-0.05, 0) is 30.7 Å². The molecule has 0 heterocycles. The van der Waals surface area contributed by atoms with Crippen LogP contribution in [0, 0.1) is 5.82 Å². The number of nitrogens with two attached hydrogens (primary N) is 1. The average Bonchev–Trinajstić information content (AvgIpc) is 2.24. The molecule has 1 aromatic rings. The van der Waals surface area contributed by atoms with Crippen LogP contribution in [0.15, 0.2) is 18.2 Å². The highest BCUT2D eigenvalue weighted by Crippen LogP contribution is 2.15. The number of rotatable bonds is 5. The van der Waals surface area contributed by atoms with Crippen molar-refractivity contribution in [2.75, 3.05) is 13.1 Å². The van der Waals surface area contributed by atoms with Gasteiger partial charge in [0, 0.05) is 6.54 Å². The zero-order chi connectivity index (χ0) is 12.0. The second kappa shape index (κ2) is 6.45. The Morgan fingerprint density at radius 3 is 2.88 bits per heavy atom. The lowest BCUT2D eigenvalue weighted by atomic mass is 10.1. The second-order valence-electron chi connectivity index (χ2n) is 3.42. The molecular weight excluding hydrogens is 231 g/mol. The molecule has 0 aliphatic heterocycles. The Hall–Kier alpha value is -1.13. The molecule has 0 aliphatic rings. The van der Waals surface area contributed by atoms with E-state index < -0.39 is 5.82 Å². The van der Waals surface area contributed by atoms with Gasteiger partial charge in [-0.25, -0.2) is 4.39 Å². The molecular formula is C11H14ClFN2O. The smallest absolute Gasteiger partial charge is 0.224 e. The van der Waals surface area contributed by atoms with Crippen LogP contribution in [-0.2, 0) is 11.2 Å². The Balaban J connectivity index is 2.46. The van der Waals surface area contributed by atoms with Crippen LogP contribution < -0.4 is 11.1 Å². The van der Waals surface area contributed by atoms with E-state index in [0.29, 0.717) is 18.7 Å². The zero-order valence-corrected chi connectivity index (χ0v) is 9.56. The van der Waals surface area contributed by atoms with Gasteiger partial charge in [0.05, 0.1) is 11.4 Å². The van der Waals surface area contributed by atoms with E-state index in [2.05, 4.69) is 5.32 Å². The van der Waals surface area contributed by atoms with Crippen LogP contribution in [0.3, 0.4) is 0 Å². The van der Waals surface area contributed by atoms with E-state index in [0.717, 1.165) is 6.42 Å². The fourth-order valence-corrected chi connectivity index (χ4v) is 1.34. The summed E-state index contributed by atoms with van der Waals surface area (Å²) in [7, 11) is 0. The fourth-order valence-electron chi connectivity index (χ4n) is 1.23. The summed E-state index contributed by atoms with van der Waals surface area (Å²) >= 11 is 5.53. The van der Waals surface area contributed by atoms with Crippen LogP contribution >= 0.6 is 11.6 Å². The molecule has 0 unspecified atom stereocenters. The van der Waals surface area contributed by atoms with Crippen LogP contribution in [0.4, 0.5) is 4.39 Å². The van der Waals surface area contributed by atoms with Gasteiger partial charge in [0.2, 0.25) is 5.91 Å². The maximum atomic E-state index is 13.1. The summed E-state index contributed by atoms with van der Waals surface area (Å²) in [5, 5.41) is 2.75. The van der Waals surface area contributed by atoms with Gasteiger partial charge in [0.1, 0.15) is 5.82 Å². The van der Waals surface area contributed by atoms with Crippen molar-refractivity contribution in [1.29, 1.82) is 0 Å². The number of hydrogen-bond acceptors (Lipinski definition) is 2. The van der Waals surface area contributed by atoms with Crippen molar-refractivity contribution < 1.29 is 9.18 Å². The van der Waals surface area contributed by atoms with Crippen LogP contribution in [0.1, 0.15) is 12.0 Å². The summed E-state index contributed by atoms with van der Waals surface area (Å²) in [4.78, 5) is 11.4. The lowest BCUT2D eigenvalue weighted by molar-refractivity contribution is -0.120. The van der Waals surface area contributed by atoms with Gasteiger partial charge in [-0.3, -0.25) is 4.79 Å². The molecule has 1 rings (SSSR count). The molecule has 0 saturated carbocycles. The molecule has 3 N–H and O–H groups in total. The van der Waals surface area contributed by atoms with Crippen molar-refractivity contribution >= 4 is 17.5 Å². The third kappa shape index (κ3) is 4.16. The highest BCUT2D eigenvalue weighted by molar-refractivity contribution is 6.30. The number of halogens is 2. The second-order valence-corrected chi connectivity index (χ2v) is 3.82. The summed E-state index contributed by atoms with van der Waals surface area (Å²) < 4.78 is 13.1. The van der Waals surface area contributed by atoms with Crippen molar-refractivity contribution in [1.82, 2.24) is 5.32 Å². The van der Waals surface area contributed by atoms with E-state index in [9.17, 15) is 9.18 Å². The Morgan fingerprint density at radius 2 is 2.25 bits per heavy atom. The fraction of sp³-hybridized carbons (Fsp3) is 0.364. The molecule has 0 bridgehead atoms. The van der Waals surface area contributed by atoms with Crippen molar-refractivity contribution in [3.05, 3.63) is 34.6 Å². The van der Waals surface area contributed by atoms with Crippen LogP contribution in [-0.4, -0.2) is 19.0 Å². The van der Waals surface area contributed by atoms with E-state index in [1.807, 2.05) is 0 Å². The molecule has 0 saturated heterocycles. The first-order valence-corrected chi connectivity index (χ1v) is 5.42. The van der Waals surface area contributed by atoms with Gasteiger partial charge in [-0.1, -0.05) is 17.7 Å². The highest BCUT2D eigenvalue weighted by Gasteiger charge is 2.05. The lowest BCUT2D eigenvalue weighted by Gasteiger charge is -2.04. The van der Waals surface area contributed by atoms with E-state index in [1.165, 1.54) is 12.1 Å². The first-order valence-electron chi connectivity index (χ1n) is 5.04. The molecule has 0 aliphatic carbocycles. The van der Waals surface area contributed by atoms with Gasteiger partial charge in [0.25, 0.3) is 0 Å². The first-order chi connectivity index (χ1) is 7.63. The number of carbonyl (C=O) groups is 1. The van der Waals surface area contributed by atoms with Gasteiger partial charge >= 0.3 is 0 Å². The summed E-state index contributed by atoms with van der Waals surface area (Å²) in [6.07, 6.45) is 0.888. The van der Waals surface area contributed by atoms with Crippen LogP contribution in [0.2, 0.25) is 5.02 Å². The van der Waals surface area contributed by atoms with E-state index >= 15 is 0 Å². The van der Waals surface area contributed by atoms with Gasteiger partial charge in [-0.2, -0.15) is 0 Å². The van der Waals surface area contributed by atoms with E-state index in [4.69, 9.17) is 17.3 Å². The summed E-state index contributed by atoms with van der Waals surface area (Å²) in [5.74, 6) is -0.649. The molecule has 0 spiro atoms. The Labute approximate surface area is 98.8 Å². The van der Waals surface area contributed by atoms with Gasteiger partial charge in [-0.15, -0.1) is 0 Å². The molecule has 0 fully saturated rings. The normalized spacial score (nSPS) is 10.2. The Morgan fingerprint density at radius 1 is 1.50 bits per heavy atom. The number of hydrogen-bond donors (Lipinski definition) is 2. The molecule has 88 valence electrons. The molecule has 5 heteroatoms. The monoisotopic (exact) mass is 244 g/mol. The van der Waals surface area contributed by atoms with Gasteiger partial charge < -0.3 is 11.1 Å². The maximum absolute atomic E-state index is 13.1. The number of benzene rings is 1. The quantitative estimate of drug-likeness (QED) is 0.771. The predicted molar refractivity (Wildman–Crippen MR) is 61.8 cm³/mol. The van der Waals surface area contributed by atoms with E-state index in [1.54, 1.807) is 6.07 Å². The molecule has 0 aromatic heterocycles. The first kappa shape index (κ1) is 12.9. The van der Waals surface area contributed by atoms with Gasteiger partial charge in [0.15, 0.2) is 0 Å². The zero-order valence-electron chi connectivity index (χ0n) is 8.80. The predicted octanol–water partition coefficient (Wildman–Crippen LogP) is 1.49. The summed E-state index contributed by atoms with van der Waals surface area (Å²) in [6.45, 7) is 1.08. The van der Waals surface area contributed by atoms with Crippen LogP contribution in [0.25, 0.3) is 0 Å². The highest BCUT2D eigenvalue weighted by atomic mass is 35.5. The standard InChI is InChI=1S/C11H14ClFN2O/c12-9-3-2-8(6-10(9)13)7-11(16)15-5-1-4-14/h2-3,6H,1,4-5,7,14H2,(H,15,16). The number of amides is 1. The SMILES string of the molecule is NCCCNC(=O)Cc1ccc(Cl)c(F)c1. The molecule has 16 heavy (non-hydrogen) atoms. The minimum atomic E-state index is -0.506. The minimum Gasteiger partial charge on any atom is -0.356 e. The average molecular weight is 245 g/mol. The lowest BCUT2D eigenvalue weighted by Crippen LogP contribution is -2.27. The Kier molecular flexibility index (Phi) is 5.22. The van der Waals surface area contributed by atoms with Crippen molar-refractivity contribution in [3.8, 4) is 0 Å². The largest absolute Gasteiger partial charge is 0.356 e. The minimum absolute atomic E-state index is 0.0623. The third-order valence-electron chi connectivity index (χ3n) is 2.05. The molecule has 0 atom stereocenters. The molecule has 1 amide bonds. The molecule has 0 radical (unpaired) electrons. The maximum Gasteiger partial charge on any atom is 0.224 e. The van der Waals surface area contributed by atoms with Crippen molar-refractivity contribution in [2.24, 2.45) is 5.73 Å². The number of nitrogens with one attached hydrogen (secondary N) is 1. The van der Waals surface area contributed by atoms with Crippen molar-refractivity contribution in [2.45, 2.75) is 12.8 Å². The van der Waals surface area contributed by atoms with Crippen molar-refractivity contribution in [3.63, 3.8) is 0 Å². The Bertz CT molecular complexity index is 371. The van der Waals surface area contributed by atoms with E-state index in [-0.39, 0.29) is 17.4 Å². The molecule has 1 aromatic carbocycles.